The molecular weight excluding hydrogens is 310 g/mol. The van der Waals surface area contributed by atoms with Crippen LogP contribution in [-0.2, 0) is 24.3 Å². The van der Waals surface area contributed by atoms with E-state index in [0.29, 0.717) is 6.54 Å². The maximum absolute atomic E-state index is 12.9. The Kier molecular flexibility index (Phi) is 4.04. The number of hydrogen-bond donors (Lipinski definition) is 0. The van der Waals surface area contributed by atoms with E-state index in [-0.39, 0.29) is 11.8 Å². The van der Waals surface area contributed by atoms with Gasteiger partial charge in [0.2, 0.25) is 5.91 Å². The Hall–Kier alpha value is -2.62. The molecule has 0 radical (unpaired) electrons. The molecule has 1 aliphatic rings. The van der Waals surface area contributed by atoms with E-state index in [0.717, 1.165) is 30.9 Å². The lowest BCUT2D eigenvalue weighted by Crippen LogP contribution is -2.36. The van der Waals surface area contributed by atoms with Crippen LogP contribution in [0.2, 0.25) is 0 Å². The monoisotopic (exact) mass is 333 g/mol. The number of aromatic nitrogens is 2. The Morgan fingerprint density at radius 3 is 2.88 bits per heavy atom. The summed E-state index contributed by atoms with van der Waals surface area (Å²) in [5.74, 6) is 1.31. The number of amides is 1. The van der Waals surface area contributed by atoms with Gasteiger partial charge in [-0.25, -0.2) is 4.98 Å². The van der Waals surface area contributed by atoms with Gasteiger partial charge in [-0.05, 0) is 35.7 Å². The molecule has 25 heavy (non-hydrogen) atoms. The number of carbonyl (C=O) groups excluding carboxylic acids is 1. The fourth-order valence-corrected chi connectivity index (χ4v) is 3.78. The molecule has 2 heterocycles. The minimum atomic E-state index is 0.0414. The van der Waals surface area contributed by atoms with E-state index in [2.05, 4.69) is 46.1 Å². The molecule has 1 atom stereocenters. The summed E-state index contributed by atoms with van der Waals surface area (Å²) in [7, 11) is 1.91. The van der Waals surface area contributed by atoms with Gasteiger partial charge in [-0.15, -0.1) is 0 Å². The highest BCUT2D eigenvalue weighted by Gasteiger charge is 2.28. The first-order chi connectivity index (χ1) is 12.1. The Bertz CT molecular complexity index is 928. The number of hydrogen-bond acceptors (Lipinski definition) is 2. The van der Waals surface area contributed by atoms with Crippen molar-refractivity contribution in [3.8, 4) is 0 Å². The lowest BCUT2D eigenvalue weighted by Gasteiger charge is -2.27. The van der Waals surface area contributed by atoms with Gasteiger partial charge in [-0.2, -0.15) is 0 Å². The Labute approximate surface area is 148 Å². The molecule has 4 rings (SSSR count). The highest BCUT2D eigenvalue weighted by Crippen LogP contribution is 2.23. The third kappa shape index (κ3) is 3.16. The topological polar surface area (TPSA) is 38.1 Å². The summed E-state index contributed by atoms with van der Waals surface area (Å²) in [5.41, 5.74) is 2.20. The standard InChI is InChI=1S/C21H23N3O/c1-15-13-24-10-9-19(12-20(24)22-15)21(25)23(2)14-16-7-8-17-5-3-4-6-18(17)11-16/h3-8,11,13,19H,9-10,12,14H2,1-2H3. The minimum absolute atomic E-state index is 0.0414. The second kappa shape index (κ2) is 6.36. The van der Waals surface area contributed by atoms with Crippen LogP contribution in [0.15, 0.2) is 48.7 Å². The largest absolute Gasteiger partial charge is 0.341 e. The van der Waals surface area contributed by atoms with Crippen LogP contribution < -0.4 is 0 Å². The van der Waals surface area contributed by atoms with Crippen molar-refractivity contribution in [1.82, 2.24) is 14.5 Å². The number of aryl methyl sites for hydroxylation is 2. The predicted molar refractivity (Wildman–Crippen MR) is 99.2 cm³/mol. The number of rotatable bonds is 3. The summed E-state index contributed by atoms with van der Waals surface area (Å²) in [6.45, 7) is 3.54. The summed E-state index contributed by atoms with van der Waals surface area (Å²) < 4.78 is 2.18. The average Bonchev–Trinajstić information content (AvgIpc) is 3.00. The fraction of sp³-hybridized carbons (Fsp3) is 0.333. The predicted octanol–water partition coefficient (Wildman–Crippen LogP) is 3.57. The molecule has 128 valence electrons. The van der Waals surface area contributed by atoms with Gasteiger partial charge >= 0.3 is 0 Å². The Morgan fingerprint density at radius 1 is 1.24 bits per heavy atom. The maximum Gasteiger partial charge on any atom is 0.226 e. The van der Waals surface area contributed by atoms with Crippen LogP contribution >= 0.6 is 0 Å². The van der Waals surface area contributed by atoms with E-state index >= 15 is 0 Å². The minimum Gasteiger partial charge on any atom is -0.341 e. The van der Waals surface area contributed by atoms with Gasteiger partial charge in [0.15, 0.2) is 0 Å². The lowest BCUT2D eigenvalue weighted by atomic mass is 9.96. The first kappa shape index (κ1) is 15.9. The van der Waals surface area contributed by atoms with E-state index in [1.165, 1.54) is 16.3 Å². The average molecular weight is 333 g/mol. The Balaban J connectivity index is 1.46. The van der Waals surface area contributed by atoms with Gasteiger partial charge in [0.05, 0.1) is 5.69 Å². The van der Waals surface area contributed by atoms with E-state index in [9.17, 15) is 4.79 Å². The molecular formula is C21H23N3O. The van der Waals surface area contributed by atoms with Crippen molar-refractivity contribution < 1.29 is 4.79 Å². The van der Waals surface area contributed by atoms with E-state index in [4.69, 9.17) is 0 Å². The highest BCUT2D eigenvalue weighted by atomic mass is 16.2. The molecule has 4 heteroatoms. The van der Waals surface area contributed by atoms with Crippen LogP contribution in [0, 0.1) is 12.8 Å². The van der Waals surface area contributed by atoms with Crippen LogP contribution in [0.1, 0.15) is 23.5 Å². The first-order valence-electron chi connectivity index (χ1n) is 8.85. The van der Waals surface area contributed by atoms with E-state index in [1.807, 2.05) is 31.0 Å². The molecule has 1 aliphatic heterocycles. The van der Waals surface area contributed by atoms with Gasteiger partial charge in [0.25, 0.3) is 0 Å². The number of nitrogens with zero attached hydrogens (tertiary/aromatic N) is 3. The van der Waals surface area contributed by atoms with E-state index < -0.39 is 0 Å². The molecule has 3 aromatic rings. The molecule has 1 unspecified atom stereocenters. The zero-order valence-corrected chi connectivity index (χ0v) is 14.8. The SMILES string of the molecule is Cc1cn2c(n1)CC(C(=O)N(C)Cc1ccc3ccccc3c1)CC2. The zero-order chi connectivity index (χ0) is 17.4. The molecule has 0 fully saturated rings. The van der Waals surface area contributed by atoms with Crippen molar-refractivity contribution in [3.05, 3.63) is 65.7 Å². The summed E-state index contributed by atoms with van der Waals surface area (Å²) in [4.78, 5) is 19.3. The number of carbonyl (C=O) groups is 1. The van der Waals surface area contributed by atoms with Crippen molar-refractivity contribution in [2.75, 3.05) is 7.05 Å². The van der Waals surface area contributed by atoms with Gasteiger partial charge < -0.3 is 9.47 Å². The van der Waals surface area contributed by atoms with Crippen LogP contribution in [-0.4, -0.2) is 27.4 Å². The summed E-state index contributed by atoms with van der Waals surface area (Å²) >= 11 is 0. The third-order valence-corrected chi connectivity index (χ3v) is 5.09. The molecule has 0 spiro atoms. The second-order valence-corrected chi connectivity index (χ2v) is 7.06. The molecule has 2 aromatic carbocycles. The van der Waals surface area contributed by atoms with Gasteiger partial charge in [0.1, 0.15) is 5.82 Å². The van der Waals surface area contributed by atoms with Crippen LogP contribution in [0.4, 0.5) is 0 Å². The molecule has 0 saturated carbocycles. The van der Waals surface area contributed by atoms with Crippen molar-refractivity contribution >= 4 is 16.7 Å². The molecule has 0 bridgehead atoms. The highest BCUT2D eigenvalue weighted by molar-refractivity contribution is 5.83. The van der Waals surface area contributed by atoms with Gasteiger partial charge in [-0.1, -0.05) is 36.4 Å². The smallest absolute Gasteiger partial charge is 0.226 e. The molecule has 0 aliphatic carbocycles. The summed E-state index contributed by atoms with van der Waals surface area (Å²) in [6, 6.07) is 14.7. The maximum atomic E-state index is 12.9. The molecule has 0 N–H and O–H groups in total. The van der Waals surface area contributed by atoms with Gasteiger partial charge in [0, 0.05) is 38.7 Å². The summed E-state index contributed by atoms with van der Waals surface area (Å²) in [5, 5.41) is 2.45. The van der Waals surface area contributed by atoms with Gasteiger partial charge in [-0.3, -0.25) is 4.79 Å². The normalized spacial score (nSPS) is 16.6. The van der Waals surface area contributed by atoms with Crippen molar-refractivity contribution in [2.24, 2.45) is 5.92 Å². The quantitative estimate of drug-likeness (QED) is 0.735. The number of imidazole rings is 1. The third-order valence-electron chi connectivity index (χ3n) is 5.09. The molecule has 1 amide bonds. The van der Waals surface area contributed by atoms with Crippen LogP contribution in [0.3, 0.4) is 0 Å². The van der Waals surface area contributed by atoms with Crippen molar-refractivity contribution in [3.63, 3.8) is 0 Å². The van der Waals surface area contributed by atoms with Crippen molar-refractivity contribution in [1.29, 1.82) is 0 Å². The second-order valence-electron chi connectivity index (χ2n) is 7.06. The van der Waals surface area contributed by atoms with Crippen LogP contribution in [0.5, 0.6) is 0 Å². The fourth-order valence-electron chi connectivity index (χ4n) is 3.78. The van der Waals surface area contributed by atoms with Crippen LogP contribution in [0.25, 0.3) is 10.8 Å². The number of benzene rings is 2. The molecule has 1 aromatic heterocycles. The zero-order valence-electron chi connectivity index (χ0n) is 14.8. The lowest BCUT2D eigenvalue weighted by molar-refractivity contribution is -0.135. The first-order valence-corrected chi connectivity index (χ1v) is 8.85. The van der Waals surface area contributed by atoms with E-state index in [1.54, 1.807) is 0 Å². The molecule has 4 nitrogen and oxygen atoms in total. The van der Waals surface area contributed by atoms with Crippen molar-refractivity contribution in [2.45, 2.75) is 32.9 Å². The Morgan fingerprint density at radius 2 is 2.04 bits per heavy atom. The summed E-state index contributed by atoms with van der Waals surface area (Å²) in [6.07, 6.45) is 3.72. The number of fused-ring (bicyclic) bond motifs is 2. The molecule has 0 saturated heterocycles.